The molecule has 128 valence electrons. The van der Waals surface area contributed by atoms with Gasteiger partial charge in [0.1, 0.15) is 18.1 Å². The van der Waals surface area contributed by atoms with Crippen LogP contribution in [0.25, 0.3) is 0 Å². The van der Waals surface area contributed by atoms with Crippen LogP contribution in [-0.4, -0.2) is 40.8 Å². The minimum Gasteiger partial charge on any atom is -0.492 e. The third-order valence-electron chi connectivity index (χ3n) is 3.39. The molecule has 6 nitrogen and oxygen atoms in total. The number of hydrogen-bond donors (Lipinski definition) is 0. The number of carbonyl (C=O) groups excluding carboxylic acids is 1. The summed E-state index contributed by atoms with van der Waals surface area (Å²) in [5.41, 5.74) is 0.00665. The number of para-hydroxylation sites is 1. The zero-order valence-electron chi connectivity index (χ0n) is 14.3. The zero-order chi connectivity index (χ0) is 17.5. The first-order chi connectivity index (χ1) is 11.5. The van der Waals surface area contributed by atoms with Gasteiger partial charge in [-0.05, 0) is 24.1 Å². The normalized spacial score (nSPS) is 10.7. The van der Waals surface area contributed by atoms with Crippen molar-refractivity contribution in [3.05, 3.63) is 58.5 Å². The molecule has 0 bridgehead atoms. The molecule has 1 aromatic heterocycles. The molecular formula is C18H23N3O3. The third-order valence-corrected chi connectivity index (χ3v) is 3.39. The first-order valence-electron chi connectivity index (χ1n) is 7.99. The summed E-state index contributed by atoms with van der Waals surface area (Å²) in [6.07, 6.45) is 0. The van der Waals surface area contributed by atoms with Gasteiger partial charge in [-0.1, -0.05) is 32.0 Å². The van der Waals surface area contributed by atoms with E-state index in [1.54, 1.807) is 11.9 Å². The van der Waals surface area contributed by atoms with Gasteiger partial charge in [-0.2, -0.15) is 5.10 Å². The minimum atomic E-state index is -0.255. The van der Waals surface area contributed by atoms with Crippen LogP contribution in [0.1, 0.15) is 24.3 Å². The van der Waals surface area contributed by atoms with Crippen molar-refractivity contribution in [2.24, 2.45) is 5.92 Å². The molecule has 1 heterocycles. The maximum absolute atomic E-state index is 12.4. The highest BCUT2D eigenvalue weighted by Gasteiger charge is 2.15. The van der Waals surface area contributed by atoms with Crippen LogP contribution in [0.4, 0.5) is 0 Å². The molecule has 0 N–H and O–H groups in total. The van der Waals surface area contributed by atoms with E-state index < -0.39 is 0 Å². The fourth-order valence-corrected chi connectivity index (χ4v) is 2.32. The van der Waals surface area contributed by atoms with E-state index in [1.165, 1.54) is 16.8 Å². The molecule has 24 heavy (non-hydrogen) atoms. The van der Waals surface area contributed by atoms with Crippen molar-refractivity contribution in [1.82, 2.24) is 14.7 Å². The van der Waals surface area contributed by atoms with Crippen molar-refractivity contribution < 1.29 is 9.53 Å². The molecule has 0 aliphatic rings. The molecule has 0 saturated heterocycles. The van der Waals surface area contributed by atoms with Crippen molar-refractivity contribution in [3.63, 3.8) is 0 Å². The maximum atomic E-state index is 12.4. The Morgan fingerprint density at radius 2 is 1.92 bits per heavy atom. The molecule has 0 saturated carbocycles. The van der Waals surface area contributed by atoms with Crippen molar-refractivity contribution >= 4 is 5.91 Å². The summed E-state index contributed by atoms with van der Waals surface area (Å²) in [5, 5.41) is 4.16. The summed E-state index contributed by atoms with van der Waals surface area (Å²) < 4.78 is 6.83. The molecule has 6 heteroatoms. The Morgan fingerprint density at radius 3 is 2.58 bits per heavy atom. The average Bonchev–Trinajstić information content (AvgIpc) is 2.56. The lowest BCUT2D eigenvalue weighted by molar-refractivity contribution is 0.0770. The highest BCUT2D eigenvalue weighted by Crippen LogP contribution is 2.08. The number of nitrogens with zero attached hydrogens (tertiary/aromatic N) is 3. The standard InChI is InChI=1S/C18H23N3O3/c1-14(2)13-20(3)18(23)16-9-10-17(22)21(19-16)11-12-24-15-7-5-4-6-8-15/h4-10,14H,11-13H2,1-3H3. The molecule has 1 amide bonds. The number of rotatable bonds is 7. The van der Waals surface area contributed by atoms with Gasteiger partial charge in [0, 0.05) is 19.7 Å². The van der Waals surface area contributed by atoms with Gasteiger partial charge in [-0.25, -0.2) is 4.68 Å². The number of benzene rings is 1. The van der Waals surface area contributed by atoms with Crippen molar-refractivity contribution in [3.8, 4) is 5.75 Å². The summed E-state index contributed by atoms with van der Waals surface area (Å²) >= 11 is 0. The van der Waals surface area contributed by atoms with Gasteiger partial charge in [-0.3, -0.25) is 9.59 Å². The van der Waals surface area contributed by atoms with Gasteiger partial charge in [-0.15, -0.1) is 0 Å². The van der Waals surface area contributed by atoms with Crippen LogP contribution < -0.4 is 10.3 Å². The molecule has 0 spiro atoms. The molecule has 2 aromatic rings. The highest BCUT2D eigenvalue weighted by molar-refractivity contribution is 5.91. The number of ether oxygens (including phenoxy) is 1. The summed E-state index contributed by atoms with van der Waals surface area (Å²) in [6, 6.07) is 12.2. The van der Waals surface area contributed by atoms with Gasteiger partial charge in [0.2, 0.25) is 0 Å². The van der Waals surface area contributed by atoms with Crippen molar-refractivity contribution in [2.75, 3.05) is 20.2 Å². The topological polar surface area (TPSA) is 64.4 Å². The lowest BCUT2D eigenvalue weighted by atomic mass is 10.2. The predicted molar refractivity (Wildman–Crippen MR) is 92.2 cm³/mol. The van der Waals surface area contributed by atoms with Gasteiger partial charge in [0.05, 0.1) is 6.54 Å². The Bertz CT molecular complexity index is 726. The Hall–Kier alpha value is -2.63. The van der Waals surface area contributed by atoms with Crippen LogP contribution in [-0.2, 0) is 6.54 Å². The molecule has 0 fully saturated rings. The largest absolute Gasteiger partial charge is 0.492 e. The van der Waals surface area contributed by atoms with Crippen LogP contribution >= 0.6 is 0 Å². The van der Waals surface area contributed by atoms with E-state index in [0.717, 1.165) is 5.75 Å². The Kier molecular flexibility index (Phi) is 6.12. The Labute approximate surface area is 141 Å². The van der Waals surface area contributed by atoms with E-state index in [1.807, 2.05) is 44.2 Å². The smallest absolute Gasteiger partial charge is 0.274 e. The first-order valence-corrected chi connectivity index (χ1v) is 7.99. The summed E-state index contributed by atoms with van der Waals surface area (Å²) in [4.78, 5) is 25.9. The number of amides is 1. The zero-order valence-corrected chi connectivity index (χ0v) is 14.3. The van der Waals surface area contributed by atoms with E-state index >= 15 is 0 Å². The first kappa shape index (κ1) is 17.7. The summed E-state index contributed by atoms with van der Waals surface area (Å²) in [6.45, 7) is 5.30. The fraction of sp³-hybridized carbons (Fsp3) is 0.389. The van der Waals surface area contributed by atoms with E-state index in [-0.39, 0.29) is 23.7 Å². The SMILES string of the molecule is CC(C)CN(C)C(=O)c1ccc(=O)n(CCOc2ccccc2)n1. The minimum absolute atomic E-state index is 0.193. The molecular weight excluding hydrogens is 306 g/mol. The summed E-state index contributed by atoms with van der Waals surface area (Å²) in [7, 11) is 1.73. The molecule has 0 atom stereocenters. The van der Waals surface area contributed by atoms with Gasteiger partial charge in [0.15, 0.2) is 0 Å². The average molecular weight is 329 g/mol. The Morgan fingerprint density at radius 1 is 1.21 bits per heavy atom. The molecule has 0 aliphatic heterocycles. The Balaban J connectivity index is 2.03. The molecule has 2 rings (SSSR count). The lowest BCUT2D eigenvalue weighted by Crippen LogP contribution is -2.33. The van der Waals surface area contributed by atoms with Crippen molar-refractivity contribution in [2.45, 2.75) is 20.4 Å². The van der Waals surface area contributed by atoms with E-state index in [4.69, 9.17) is 4.74 Å². The number of aromatic nitrogens is 2. The predicted octanol–water partition coefficient (Wildman–Crippen LogP) is 2.05. The fourth-order valence-electron chi connectivity index (χ4n) is 2.32. The van der Waals surface area contributed by atoms with E-state index in [2.05, 4.69) is 5.10 Å². The van der Waals surface area contributed by atoms with Gasteiger partial charge >= 0.3 is 0 Å². The van der Waals surface area contributed by atoms with E-state index in [0.29, 0.717) is 19.1 Å². The van der Waals surface area contributed by atoms with Crippen LogP contribution in [0.2, 0.25) is 0 Å². The number of hydrogen-bond acceptors (Lipinski definition) is 4. The van der Waals surface area contributed by atoms with Crippen molar-refractivity contribution in [1.29, 1.82) is 0 Å². The molecule has 1 aromatic carbocycles. The second-order valence-electron chi connectivity index (χ2n) is 6.02. The van der Waals surface area contributed by atoms with Gasteiger partial charge in [0.25, 0.3) is 11.5 Å². The second kappa shape index (κ2) is 8.29. The highest BCUT2D eigenvalue weighted by atomic mass is 16.5. The lowest BCUT2D eigenvalue weighted by Gasteiger charge is -2.19. The molecule has 0 aliphatic carbocycles. The van der Waals surface area contributed by atoms with E-state index in [9.17, 15) is 9.59 Å². The maximum Gasteiger partial charge on any atom is 0.274 e. The monoisotopic (exact) mass is 329 g/mol. The summed E-state index contributed by atoms with van der Waals surface area (Å²) in [5.74, 6) is 0.903. The quantitative estimate of drug-likeness (QED) is 0.780. The molecule has 0 unspecified atom stereocenters. The van der Waals surface area contributed by atoms with Crippen LogP contribution in [0, 0.1) is 5.92 Å². The van der Waals surface area contributed by atoms with Crippen LogP contribution in [0.15, 0.2) is 47.3 Å². The van der Waals surface area contributed by atoms with Crippen LogP contribution in [0.3, 0.4) is 0 Å². The van der Waals surface area contributed by atoms with Crippen LogP contribution in [0.5, 0.6) is 5.75 Å². The molecule has 0 radical (unpaired) electrons. The van der Waals surface area contributed by atoms with Gasteiger partial charge < -0.3 is 9.64 Å². The number of carbonyl (C=O) groups is 1. The second-order valence-corrected chi connectivity index (χ2v) is 6.02. The third kappa shape index (κ3) is 4.94.